The smallest absolute Gasteiger partial charge is 0.280 e. The maximum atomic E-state index is 12.7. The molecule has 0 unspecified atom stereocenters. The Balaban J connectivity index is 1.58. The third-order valence-corrected chi connectivity index (χ3v) is 4.75. The predicted octanol–water partition coefficient (Wildman–Crippen LogP) is 0.687. The van der Waals surface area contributed by atoms with Gasteiger partial charge in [0.2, 0.25) is 11.9 Å². The summed E-state index contributed by atoms with van der Waals surface area (Å²) >= 11 is 0. The number of aromatic amines is 1. The normalized spacial score (nSPS) is 14.5. The van der Waals surface area contributed by atoms with Gasteiger partial charge in [-0.15, -0.1) is 0 Å². The van der Waals surface area contributed by atoms with Crippen LogP contribution in [0.3, 0.4) is 0 Å². The zero-order valence-corrected chi connectivity index (χ0v) is 15.5. The lowest BCUT2D eigenvalue weighted by Gasteiger charge is -2.26. The molecule has 0 bridgehead atoms. The fourth-order valence-electron chi connectivity index (χ4n) is 3.13. The maximum absolute atomic E-state index is 12.7. The van der Waals surface area contributed by atoms with Crippen molar-refractivity contribution in [2.45, 2.75) is 6.54 Å². The third kappa shape index (κ3) is 3.45. The second kappa shape index (κ2) is 7.28. The van der Waals surface area contributed by atoms with Crippen molar-refractivity contribution in [3.63, 3.8) is 0 Å². The van der Waals surface area contributed by atoms with Gasteiger partial charge < -0.3 is 25.3 Å². The van der Waals surface area contributed by atoms with Gasteiger partial charge in [-0.05, 0) is 17.7 Å². The molecule has 27 heavy (non-hydrogen) atoms. The summed E-state index contributed by atoms with van der Waals surface area (Å²) in [4.78, 5) is 27.0. The number of nitrogens with one attached hydrogen (secondary N) is 3. The third-order valence-electron chi connectivity index (χ3n) is 4.75. The van der Waals surface area contributed by atoms with Gasteiger partial charge in [-0.3, -0.25) is 9.36 Å². The molecule has 2 aromatic heterocycles. The molecule has 0 amide bonds. The minimum atomic E-state index is -0.147. The second-order valence-corrected chi connectivity index (χ2v) is 6.50. The number of benzene rings is 1. The Labute approximate surface area is 156 Å². The highest BCUT2D eigenvalue weighted by atomic mass is 16.5. The number of aromatic nitrogens is 4. The van der Waals surface area contributed by atoms with Gasteiger partial charge in [-0.2, -0.15) is 9.97 Å². The highest BCUT2D eigenvalue weighted by Gasteiger charge is 2.18. The van der Waals surface area contributed by atoms with Crippen molar-refractivity contribution in [3.8, 4) is 5.75 Å². The predicted molar refractivity (Wildman–Crippen MR) is 105 cm³/mol. The monoisotopic (exact) mass is 369 g/mol. The molecule has 0 spiro atoms. The van der Waals surface area contributed by atoms with Crippen molar-refractivity contribution in [3.05, 3.63) is 40.2 Å². The average Bonchev–Trinajstić information content (AvgIpc) is 3.15. The molecule has 3 heterocycles. The highest BCUT2D eigenvalue weighted by molar-refractivity contribution is 5.74. The van der Waals surface area contributed by atoms with Crippen LogP contribution in [0.1, 0.15) is 5.56 Å². The van der Waals surface area contributed by atoms with Gasteiger partial charge in [-0.1, -0.05) is 12.1 Å². The van der Waals surface area contributed by atoms with Gasteiger partial charge in [0.1, 0.15) is 5.75 Å². The van der Waals surface area contributed by atoms with Crippen LogP contribution in [0.15, 0.2) is 29.1 Å². The van der Waals surface area contributed by atoms with Crippen molar-refractivity contribution < 1.29 is 4.74 Å². The van der Waals surface area contributed by atoms with Gasteiger partial charge in [0.15, 0.2) is 11.2 Å². The van der Waals surface area contributed by atoms with E-state index in [0.717, 1.165) is 37.5 Å². The summed E-state index contributed by atoms with van der Waals surface area (Å²) in [5.74, 6) is 1.99. The number of nitrogens with zero attached hydrogens (tertiary/aromatic N) is 4. The minimum absolute atomic E-state index is 0.147. The molecule has 9 nitrogen and oxygen atoms in total. The van der Waals surface area contributed by atoms with Crippen LogP contribution in [0.2, 0.25) is 0 Å². The topological polar surface area (TPSA) is 100 Å². The first kappa shape index (κ1) is 17.3. The van der Waals surface area contributed by atoms with Crippen molar-refractivity contribution >= 4 is 23.1 Å². The molecule has 1 aromatic carbocycles. The van der Waals surface area contributed by atoms with Crippen molar-refractivity contribution in [2.75, 3.05) is 43.5 Å². The van der Waals surface area contributed by atoms with Crippen molar-refractivity contribution in [1.82, 2.24) is 24.8 Å². The van der Waals surface area contributed by atoms with E-state index in [0.29, 0.717) is 29.6 Å². The van der Waals surface area contributed by atoms with E-state index in [4.69, 9.17) is 4.74 Å². The summed E-state index contributed by atoms with van der Waals surface area (Å²) in [6.45, 7) is 4.05. The van der Waals surface area contributed by atoms with E-state index in [1.807, 2.05) is 24.3 Å². The molecule has 3 aromatic rings. The molecule has 4 rings (SSSR count). The molecule has 1 aliphatic heterocycles. The first-order valence-electron chi connectivity index (χ1n) is 8.95. The van der Waals surface area contributed by atoms with E-state index in [-0.39, 0.29) is 5.56 Å². The Bertz CT molecular complexity index is 987. The average molecular weight is 369 g/mol. The summed E-state index contributed by atoms with van der Waals surface area (Å²) in [7, 11) is 3.34. The SMILES string of the molecule is COc1ccc(CNc2nc3nc(N4CCNCC4)[nH]c3c(=O)n2C)cc1. The van der Waals surface area contributed by atoms with Crippen LogP contribution in [0, 0.1) is 0 Å². The van der Waals surface area contributed by atoms with Crippen LogP contribution in [0.25, 0.3) is 11.2 Å². The number of hydrogen-bond acceptors (Lipinski definition) is 7. The number of imidazole rings is 1. The first-order valence-corrected chi connectivity index (χ1v) is 8.95. The standard InChI is InChI=1S/C18H23N7O2/c1-24-16(26)14-15(23-18(21-14)25-9-7-19-8-10-25)22-17(24)20-11-12-3-5-13(27-2)6-4-12/h3-6,19H,7-11H2,1-2H3,(H,20,22)(H,21,23). The molecule has 0 radical (unpaired) electrons. The fraction of sp³-hybridized carbons (Fsp3) is 0.389. The number of anilines is 2. The molecule has 142 valence electrons. The number of ether oxygens (including phenoxy) is 1. The highest BCUT2D eigenvalue weighted by Crippen LogP contribution is 2.16. The van der Waals surface area contributed by atoms with E-state index in [2.05, 4.69) is 30.5 Å². The zero-order chi connectivity index (χ0) is 18.8. The van der Waals surface area contributed by atoms with Crippen LogP contribution < -0.4 is 25.8 Å². The van der Waals surface area contributed by atoms with Crippen LogP contribution in [0.5, 0.6) is 5.75 Å². The lowest BCUT2D eigenvalue weighted by Crippen LogP contribution is -2.44. The zero-order valence-electron chi connectivity index (χ0n) is 15.5. The lowest BCUT2D eigenvalue weighted by molar-refractivity contribution is 0.414. The Kier molecular flexibility index (Phi) is 4.68. The largest absolute Gasteiger partial charge is 0.497 e. The molecule has 1 fully saturated rings. The van der Waals surface area contributed by atoms with Gasteiger partial charge in [0.25, 0.3) is 5.56 Å². The van der Waals surface area contributed by atoms with Crippen LogP contribution in [0.4, 0.5) is 11.9 Å². The number of hydrogen-bond donors (Lipinski definition) is 3. The molecule has 9 heteroatoms. The van der Waals surface area contributed by atoms with E-state index >= 15 is 0 Å². The first-order chi connectivity index (χ1) is 13.2. The summed E-state index contributed by atoms with van der Waals surface area (Å²) in [6.07, 6.45) is 0. The number of rotatable bonds is 5. The summed E-state index contributed by atoms with van der Waals surface area (Å²) in [6, 6.07) is 7.75. The van der Waals surface area contributed by atoms with Crippen molar-refractivity contribution in [1.29, 1.82) is 0 Å². The molecule has 1 aliphatic rings. The maximum Gasteiger partial charge on any atom is 0.280 e. The molecule has 0 atom stereocenters. The lowest BCUT2D eigenvalue weighted by atomic mass is 10.2. The van der Waals surface area contributed by atoms with E-state index in [1.165, 1.54) is 4.57 Å². The van der Waals surface area contributed by atoms with Crippen molar-refractivity contribution in [2.24, 2.45) is 7.05 Å². The quantitative estimate of drug-likeness (QED) is 0.608. The van der Waals surface area contributed by atoms with Gasteiger partial charge in [-0.25, -0.2) is 0 Å². The fourth-order valence-corrected chi connectivity index (χ4v) is 3.13. The Hall–Kier alpha value is -3.07. The van der Waals surface area contributed by atoms with Crippen LogP contribution in [-0.4, -0.2) is 52.8 Å². The van der Waals surface area contributed by atoms with Gasteiger partial charge in [0.05, 0.1) is 7.11 Å². The number of H-pyrrole nitrogens is 1. The van der Waals surface area contributed by atoms with E-state index in [1.54, 1.807) is 14.2 Å². The van der Waals surface area contributed by atoms with E-state index in [9.17, 15) is 4.79 Å². The molecule has 3 N–H and O–H groups in total. The Morgan fingerprint density at radius 1 is 1.19 bits per heavy atom. The number of methoxy groups -OCH3 is 1. The number of fused-ring (bicyclic) bond motifs is 1. The second-order valence-electron chi connectivity index (χ2n) is 6.50. The molecule has 1 saturated heterocycles. The van der Waals surface area contributed by atoms with Gasteiger partial charge in [0, 0.05) is 39.8 Å². The minimum Gasteiger partial charge on any atom is -0.497 e. The Morgan fingerprint density at radius 3 is 2.63 bits per heavy atom. The molecular formula is C18H23N7O2. The number of piperazine rings is 1. The molecule has 0 aliphatic carbocycles. The Morgan fingerprint density at radius 2 is 1.93 bits per heavy atom. The van der Waals surface area contributed by atoms with E-state index < -0.39 is 0 Å². The summed E-state index contributed by atoms with van der Waals surface area (Å²) in [5.41, 5.74) is 1.78. The molecule has 0 saturated carbocycles. The van der Waals surface area contributed by atoms with Crippen LogP contribution in [-0.2, 0) is 13.6 Å². The summed E-state index contributed by atoms with van der Waals surface area (Å²) in [5, 5.41) is 6.53. The van der Waals surface area contributed by atoms with Crippen LogP contribution >= 0.6 is 0 Å². The van der Waals surface area contributed by atoms with Gasteiger partial charge >= 0.3 is 0 Å². The summed E-state index contributed by atoms with van der Waals surface area (Å²) < 4.78 is 6.68. The molecular weight excluding hydrogens is 346 g/mol.